The van der Waals surface area contributed by atoms with Gasteiger partial charge in [0.15, 0.2) is 0 Å². The average molecular weight is 377 g/mol. The maximum atomic E-state index is 12.7. The van der Waals surface area contributed by atoms with Crippen LogP contribution in [0.3, 0.4) is 0 Å². The molecule has 2 N–H and O–H groups in total. The molecule has 28 heavy (non-hydrogen) atoms. The first kappa shape index (κ1) is 18.6. The molecule has 3 aromatic rings. The number of rotatable bonds is 3. The first-order valence-electron chi connectivity index (χ1n) is 9.75. The van der Waals surface area contributed by atoms with Crippen molar-refractivity contribution < 1.29 is 0 Å². The molecule has 0 bridgehead atoms. The summed E-state index contributed by atoms with van der Waals surface area (Å²) in [7, 11) is 0. The molecule has 3 heterocycles. The summed E-state index contributed by atoms with van der Waals surface area (Å²) in [6.45, 7) is 10.5. The number of aryl methyl sites for hydroxylation is 1. The van der Waals surface area contributed by atoms with Crippen molar-refractivity contribution in [2.75, 3.05) is 6.54 Å². The summed E-state index contributed by atoms with van der Waals surface area (Å²) in [4.78, 5) is 22.7. The van der Waals surface area contributed by atoms with Gasteiger partial charge in [0.05, 0.1) is 23.1 Å². The number of nitrogens with one attached hydrogen (secondary N) is 2. The van der Waals surface area contributed by atoms with E-state index < -0.39 is 0 Å². The summed E-state index contributed by atoms with van der Waals surface area (Å²) in [5, 5.41) is 7.38. The molecule has 0 fully saturated rings. The minimum Gasteiger partial charge on any atom is -0.310 e. The van der Waals surface area contributed by atoms with Gasteiger partial charge in [-0.05, 0) is 12.5 Å². The van der Waals surface area contributed by atoms with Crippen molar-refractivity contribution >= 4 is 0 Å². The van der Waals surface area contributed by atoms with Gasteiger partial charge in [0, 0.05) is 37.0 Å². The second kappa shape index (κ2) is 7.02. The highest BCUT2D eigenvalue weighted by molar-refractivity contribution is 5.62. The minimum atomic E-state index is -0.162. The fraction of sp³-hybridized carbons (Fsp3) is 0.409. The van der Waals surface area contributed by atoms with E-state index >= 15 is 0 Å². The molecule has 4 rings (SSSR count). The van der Waals surface area contributed by atoms with Crippen LogP contribution < -0.4 is 5.56 Å². The SMILES string of the molecule is Cc1ccc(-c2[nH]ncc2CN2CCc3nc(C(C)(C)C)[nH]c(=O)c3C2)cc1. The first-order valence-corrected chi connectivity index (χ1v) is 9.75. The Kier molecular flexibility index (Phi) is 4.67. The van der Waals surface area contributed by atoms with E-state index in [2.05, 4.69) is 72.0 Å². The molecule has 0 saturated carbocycles. The molecule has 0 spiro atoms. The van der Waals surface area contributed by atoms with Crippen LogP contribution in [0.2, 0.25) is 0 Å². The summed E-state index contributed by atoms with van der Waals surface area (Å²) < 4.78 is 0. The average Bonchev–Trinajstić information content (AvgIpc) is 3.10. The summed E-state index contributed by atoms with van der Waals surface area (Å²) in [5.74, 6) is 0.765. The van der Waals surface area contributed by atoms with Crippen LogP contribution in [0.25, 0.3) is 11.3 Å². The Morgan fingerprint density at radius 2 is 1.93 bits per heavy atom. The number of H-pyrrole nitrogens is 2. The number of benzene rings is 1. The van der Waals surface area contributed by atoms with E-state index in [0.29, 0.717) is 6.54 Å². The van der Waals surface area contributed by atoms with E-state index in [1.165, 1.54) is 5.56 Å². The molecule has 6 heteroatoms. The zero-order chi connectivity index (χ0) is 19.9. The molecule has 0 saturated heterocycles. The molecule has 146 valence electrons. The zero-order valence-corrected chi connectivity index (χ0v) is 17.0. The van der Waals surface area contributed by atoms with Crippen LogP contribution >= 0.6 is 0 Å². The van der Waals surface area contributed by atoms with Gasteiger partial charge in [-0.3, -0.25) is 14.8 Å². The predicted molar refractivity (Wildman–Crippen MR) is 110 cm³/mol. The Morgan fingerprint density at radius 3 is 2.64 bits per heavy atom. The van der Waals surface area contributed by atoms with Gasteiger partial charge in [-0.15, -0.1) is 0 Å². The number of aromatic nitrogens is 4. The molecule has 0 amide bonds. The Hall–Kier alpha value is -2.73. The third kappa shape index (κ3) is 3.64. The van der Waals surface area contributed by atoms with E-state index in [4.69, 9.17) is 4.98 Å². The third-order valence-corrected chi connectivity index (χ3v) is 5.31. The van der Waals surface area contributed by atoms with Gasteiger partial charge < -0.3 is 4.98 Å². The van der Waals surface area contributed by atoms with Crippen molar-refractivity contribution in [2.24, 2.45) is 0 Å². The molecule has 0 radical (unpaired) electrons. The summed E-state index contributed by atoms with van der Waals surface area (Å²) >= 11 is 0. The maximum absolute atomic E-state index is 12.7. The van der Waals surface area contributed by atoms with Crippen LogP contribution in [-0.4, -0.2) is 31.6 Å². The molecule has 1 aromatic carbocycles. The van der Waals surface area contributed by atoms with Crippen molar-refractivity contribution in [1.82, 2.24) is 25.1 Å². The monoisotopic (exact) mass is 377 g/mol. The fourth-order valence-electron chi connectivity index (χ4n) is 3.61. The third-order valence-electron chi connectivity index (χ3n) is 5.31. The van der Waals surface area contributed by atoms with E-state index in [-0.39, 0.29) is 11.0 Å². The minimum absolute atomic E-state index is 0.00873. The number of nitrogens with zero attached hydrogens (tertiary/aromatic N) is 3. The van der Waals surface area contributed by atoms with Gasteiger partial charge in [-0.2, -0.15) is 5.10 Å². The molecule has 6 nitrogen and oxygen atoms in total. The van der Waals surface area contributed by atoms with E-state index in [0.717, 1.165) is 53.4 Å². The summed E-state index contributed by atoms with van der Waals surface area (Å²) in [6.07, 6.45) is 2.68. The second-order valence-corrected chi connectivity index (χ2v) is 8.69. The predicted octanol–water partition coefficient (Wildman–Crippen LogP) is 3.32. The molecule has 1 aliphatic rings. The molecular formula is C22H27N5O. The van der Waals surface area contributed by atoms with Crippen molar-refractivity contribution in [3.63, 3.8) is 0 Å². The topological polar surface area (TPSA) is 77.7 Å². The van der Waals surface area contributed by atoms with Crippen molar-refractivity contribution in [3.05, 3.63) is 69.0 Å². The molecule has 0 aliphatic carbocycles. The number of hydrogen-bond donors (Lipinski definition) is 2. The number of fused-ring (bicyclic) bond motifs is 1. The van der Waals surface area contributed by atoms with Gasteiger partial charge in [0.2, 0.25) is 0 Å². The number of aromatic amines is 2. The Morgan fingerprint density at radius 1 is 1.18 bits per heavy atom. The highest BCUT2D eigenvalue weighted by Crippen LogP contribution is 2.25. The smallest absolute Gasteiger partial charge is 0.255 e. The highest BCUT2D eigenvalue weighted by Gasteiger charge is 2.25. The lowest BCUT2D eigenvalue weighted by molar-refractivity contribution is 0.241. The normalized spacial score (nSPS) is 14.9. The van der Waals surface area contributed by atoms with Gasteiger partial charge in [-0.25, -0.2) is 4.98 Å². The lowest BCUT2D eigenvalue weighted by atomic mass is 9.95. The molecule has 0 atom stereocenters. The lowest BCUT2D eigenvalue weighted by Crippen LogP contribution is -2.37. The van der Waals surface area contributed by atoms with Crippen molar-refractivity contribution in [3.8, 4) is 11.3 Å². The van der Waals surface area contributed by atoms with Gasteiger partial charge in [-0.1, -0.05) is 50.6 Å². The Bertz CT molecular complexity index is 1040. The zero-order valence-electron chi connectivity index (χ0n) is 17.0. The molecule has 2 aromatic heterocycles. The Labute approximate surface area is 165 Å². The Balaban J connectivity index is 1.56. The fourth-order valence-corrected chi connectivity index (χ4v) is 3.61. The van der Waals surface area contributed by atoms with Crippen LogP contribution in [0, 0.1) is 6.92 Å². The molecular weight excluding hydrogens is 350 g/mol. The van der Waals surface area contributed by atoms with Gasteiger partial charge in [0.25, 0.3) is 5.56 Å². The van der Waals surface area contributed by atoms with Crippen LogP contribution in [0.4, 0.5) is 0 Å². The standard InChI is InChI=1S/C22H27N5O/c1-14-5-7-15(8-6-14)19-16(11-23-26-19)12-27-10-9-18-17(13-27)20(28)25-21(24-18)22(2,3)4/h5-8,11H,9-10,12-13H2,1-4H3,(H,23,26)(H,24,25,28). The summed E-state index contributed by atoms with van der Waals surface area (Å²) in [5.41, 5.74) is 6.11. The van der Waals surface area contributed by atoms with Crippen LogP contribution in [0.5, 0.6) is 0 Å². The molecule has 0 unspecified atom stereocenters. The van der Waals surface area contributed by atoms with E-state index in [9.17, 15) is 4.79 Å². The second-order valence-electron chi connectivity index (χ2n) is 8.69. The van der Waals surface area contributed by atoms with Crippen molar-refractivity contribution in [2.45, 2.75) is 52.6 Å². The largest absolute Gasteiger partial charge is 0.310 e. The van der Waals surface area contributed by atoms with Crippen LogP contribution in [-0.2, 0) is 24.9 Å². The highest BCUT2D eigenvalue weighted by atomic mass is 16.1. The van der Waals surface area contributed by atoms with E-state index in [1.807, 2.05) is 6.20 Å². The lowest BCUT2D eigenvalue weighted by Gasteiger charge is -2.28. The van der Waals surface area contributed by atoms with Crippen molar-refractivity contribution in [1.29, 1.82) is 0 Å². The van der Waals surface area contributed by atoms with Crippen LogP contribution in [0.1, 0.15) is 49.0 Å². The molecule has 1 aliphatic heterocycles. The van der Waals surface area contributed by atoms with E-state index in [1.54, 1.807) is 0 Å². The quantitative estimate of drug-likeness (QED) is 0.734. The number of hydrogen-bond acceptors (Lipinski definition) is 4. The van der Waals surface area contributed by atoms with Gasteiger partial charge in [0.1, 0.15) is 5.82 Å². The van der Waals surface area contributed by atoms with Gasteiger partial charge >= 0.3 is 0 Å². The maximum Gasteiger partial charge on any atom is 0.255 e. The van der Waals surface area contributed by atoms with Crippen LogP contribution in [0.15, 0.2) is 35.3 Å². The first-order chi connectivity index (χ1) is 13.3. The summed E-state index contributed by atoms with van der Waals surface area (Å²) in [6, 6.07) is 8.44.